The molecule has 1 aliphatic heterocycles. The van der Waals surface area contributed by atoms with Crippen LogP contribution in [0.1, 0.15) is 36.1 Å². The fraction of sp³-hybridized carbons (Fsp3) is 0.160. The number of nitrogens with zero attached hydrogens (tertiary/aromatic N) is 3. The normalized spacial score (nSPS) is 20.6. The largest absolute Gasteiger partial charge is 0.329 e. The highest BCUT2D eigenvalue weighted by atomic mass is 16.1. The second kappa shape index (κ2) is 6.66. The van der Waals surface area contributed by atoms with Gasteiger partial charge in [0.2, 0.25) is 5.95 Å². The zero-order valence-electron chi connectivity index (χ0n) is 16.3. The number of para-hydroxylation sites is 2. The lowest BCUT2D eigenvalue weighted by Gasteiger charge is -2.36. The highest BCUT2D eigenvalue weighted by molar-refractivity contribution is 6.01. The van der Waals surface area contributed by atoms with E-state index in [-0.39, 0.29) is 17.7 Å². The Morgan fingerprint density at radius 1 is 0.900 bits per heavy atom. The van der Waals surface area contributed by atoms with Gasteiger partial charge >= 0.3 is 0 Å². The van der Waals surface area contributed by atoms with Crippen LogP contribution in [0.3, 0.4) is 0 Å². The van der Waals surface area contributed by atoms with E-state index in [1.807, 2.05) is 54.6 Å². The summed E-state index contributed by atoms with van der Waals surface area (Å²) in [4.78, 5) is 23.0. The van der Waals surface area contributed by atoms with Gasteiger partial charge in [0.25, 0.3) is 0 Å². The summed E-state index contributed by atoms with van der Waals surface area (Å²) in [5, 5.41) is 3.50. The van der Waals surface area contributed by atoms with Crippen LogP contribution in [-0.2, 0) is 4.79 Å². The van der Waals surface area contributed by atoms with E-state index in [9.17, 15) is 4.79 Å². The van der Waals surface area contributed by atoms with Crippen molar-refractivity contribution in [3.63, 3.8) is 0 Å². The van der Waals surface area contributed by atoms with Gasteiger partial charge in [-0.2, -0.15) is 0 Å². The average molecular weight is 392 g/mol. The Bertz CT molecular complexity index is 1290. The Balaban J connectivity index is 1.54. The Kier molecular flexibility index (Phi) is 3.81. The summed E-state index contributed by atoms with van der Waals surface area (Å²) in [6, 6.07) is 24.0. The molecule has 0 saturated heterocycles. The lowest BCUT2D eigenvalue weighted by atomic mass is 9.78. The molecule has 1 N–H and O–H groups in total. The van der Waals surface area contributed by atoms with Gasteiger partial charge in [-0.05, 0) is 42.2 Å². The minimum absolute atomic E-state index is 0.172. The minimum Gasteiger partial charge on any atom is -0.329 e. The highest BCUT2D eigenvalue weighted by Gasteiger charge is 2.40. The summed E-state index contributed by atoms with van der Waals surface area (Å²) < 4.78 is 2.12. The van der Waals surface area contributed by atoms with Crippen molar-refractivity contribution in [1.29, 1.82) is 0 Å². The molecule has 3 heterocycles. The molecule has 0 saturated carbocycles. The number of hydrogen-bond acceptors (Lipinski definition) is 4. The first-order valence-corrected chi connectivity index (χ1v) is 10.3. The SMILES string of the molecule is O=C1C[C@H](c2ccccc2)CC2=C1[C@H](c1ccccn1)n1c(nc3ccccc31)N2. The van der Waals surface area contributed by atoms with Gasteiger partial charge in [0.1, 0.15) is 6.04 Å². The number of carbonyl (C=O) groups is 1. The van der Waals surface area contributed by atoms with E-state index in [0.717, 1.165) is 40.4 Å². The number of allylic oxidation sites excluding steroid dienone is 2. The van der Waals surface area contributed by atoms with Gasteiger partial charge in [-0.1, -0.05) is 48.5 Å². The number of nitrogens with one attached hydrogen (secondary N) is 1. The molecule has 4 aromatic rings. The smallest absolute Gasteiger partial charge is 0.209 e. The van der Waals surface area contributed by atoms with Crippen molar-refractivity contribution in [3.05, 3.63) is 102 Å². The predicted octanol–water partition coefficient (Wildman–Crippen LogP) is 4.85. The maximum absolute atomic E-state index is 13.5. The second-order valence-electron chi connectivity index (χ2n) is 7.91. The van der Waals surface area contributed by atoms with Crippen LogP contribution in [-0.4, -0.2) is 20.3 Å². The van der Waals surface area contributed by atoms with E-state index >= 15 is 0 Å². The number of benzene rings is 2. The lowest BCUT2D eigenvalue weighted by Crippen LogP contribution is -2.33. The van der Waals surface area contributed by atoms with Crippen molar-refractivity contribution in [2.24, 2.45) is 0 Å². The van der Waals surface area contributed by atoms with Crippen LogP contribution in [0.2, 0.25) is 0 Å². The van der Waals surface area contributed by atoms with Crippen molar-refractivity contribution in [3.8, 4) is 0 Å². The third kappa shape index (κ3) is 2.59. The first-order chi connectivity index (χ1) is 14.8. The van der Waals surface area contributed by atoms with Gasteiger partial charge < -0.3 is 5.32 Å². The molecule has 2 aliphatic rings. The maximum atomic E-state index is 13.5. The number of Topliss-reactive ketones (excluding diaryl/α,β-unsaturated/α-hetero) is 1. The summed E-state index contributed by atoms with van der Waals surface area (Å²) >= 11 is 0. The molecule has 2 atom stereocenters. The summed E-state index contributed by atoms with van der Waals surface area (Å²) in [7, 11) is 0. The van der Waals surface area contributed by atoms with Crippen molar-refractivity contribution in [2.45, 2.75) is 24.8 Å². The molecular formula is C25H20N4O. The Hall–Kier alpha value is -3.73. The number of anilines is 1. The Morgan fingerprint density at radius 2 is 1.70 bits per heavy atom. The summed E-state index contributed by atoms with van der Waals surface area (Å²) in [6.45, 7) is 0. The molecule has 0 unspecified atom stereocenters. The van der Waals surface area contributed by atoms with Crippen molar-refractivity contribution >= 4 is 22.8 Å². The molecule has 1 aliphatic carbocycles. The van der Waals surface area contributed by atoms with Crippen LogP contribution in [0, 0.1) is 0 Å². The molecular weight excluding hydrogens is 372 g/mol. The quantitative estimate of drug-likeness (QED) is 0.530. The fourth-order valence-electron chi connectivity index (χ4n) is 4.80. The third-order valence-electron chi connectivity index (χ3n) is 6.14. The Labute approximate surface area is 174 Å². The lowest BCUT2D eigenvalue weighted by molar-refractivity contribution is -0.116. The zero-order chi connectivity index (χ0) is 20.1. The molecule has 2 aromatic carbocycles. The standard InChI is InChI=1S/C25H20N4O/c30-22-15-17(16-8-2-1-3-9-16)14-20-23(22)24(19-11-6-7-13-26-19)29-21-12-5-4-10-18(21)27-25(29)28-20/h1-13,17,24H,14-15H2,(H,27,28)/t17-,24+/m1/s1. The first kappa shape index (κ1) is 17.2. The molecule has 5 heteroatoms. The molecule has 0 amide bonds. The molecule has 0 spiro atoms. The molecule has 146 valence electrons. The van der Waals surface area contributed by atoms with E-state index in [1.54, 1.807) is 6.20 Å². The van der Waals surface area contributed by atoms with Gasteiger partial charge in [-0.15, -0.1) is 0 Å². The number of pyridine rings is 1. The number of rotatable bonds is 2. The maximum Gasteiger partial charge on any atom is 0.209 e. The monoisotopic (exact) mass is 392 g/mol. The number of hydrogen-bond donors (Lipinski definition) is 1. The summed E-state index contributed by atoms with van der Waals surface area (Å²) in [5.41, 5.74) is 5.76. The molecule has 0 bridgehead atoms. The van der Waals surface area contributed by atoms with Gasteiger partial charge in [0.05, 0.1) is 16.7 Å². The third-order valence-corrected chi connectivity index (χ3v) is 6.14. The van der Waals surface area contributed by atoms with Crippen LogP contribution in [0.5, 0.6) is 0 Å². The zero-order valence-corrected chi connectivity index (χ0v) is 16.3. The number of aromatic nitrogens is 3. The molecule has 6 rings (SSSR count). The summed E-state index contributed by atoms with van der Waals surface area (Å²) in [6.07, 6.45) is 3.09. The van der Waals surface area contributed by atoms with E-state index < -0.39 is 0 Å². The minimum atomic E-state index is -0.269. The second-order valence-corrected chi connectivity index (χ2v) is 7.91. The molecule has 0 fully saturated rings. The van der Waals surface area contributed by atoms with Gasteiger partial charge in [0.15, 0.2) is 5.78 Å². The number of imidazole rings is 1. The van der Waals surface area contributed by atoms with Crippen molar-refractivity contribution < 1.29 is 4.79 Å². The molecule has 0 radical (unpaired) electrons. The number of fused-ring (bicyclic) bond motifs is 3. The van der Waals surface area contributed by atoms with Crippen molar-refractivity contribution in [2.75, 3.05) is 5.32 Å². The number of ketones is 1. The van der Waals surface area contributed by atoms with E-state index in [0.29, 0.717) is 6.42 Å². The molecule has 5 nitrogen and oxygen atoms in total. The molecule has 2 aromatic heterocycles. The van der Waals surface area contributed by atoms with Crippen LogP contribution >= 0.6 is 0 Å². The van der Waals surface area contributed by atoms with E-state index in [4.69, 9.17) is 4.98 Å². The first-order valence-electron chi connectivity index (χ1n) is 10.3. The Morgan fingerprint density at radius 3 is 2.53 bits per heavy atom. The van der Waals surface area contributed by atoms with Gasteiger partial charge in [0, 0.05) is 23.9 Å². The number of carbonyl (C=O) groups excluding carboxylic acids is 1. The van der Waals surface area contributed by atoms with Crippen molar-refractivity contribution in [1.82, 2.24) is 14.5 Å². The van der Waals surface area contributed by atoms with Crippen LogP contribution in [0.15, 0.2) is 90.3 Å². The highest BCUT2D eigenvalue weighted by Crippen LogP contribution is 2.45. The van der Waals surface area contributed by atoms with Gasteiger partial charge in [-0.25, -0.2) is 4.98 Å². The van der Waals surface area contributed by atoms with Gasteiger partial charge in [-0.3, -0.25) is 14.3 Å². The van der Waals surface area contributed by atoms with E-state index in [1.165, 1.54) is 5.56 Å². The summed E-state index contributed by atoms with van der Waals surface area (Å²) in [5.74, 6) is 1.12. The average Bonchev–Trinajstić information content (AvgIpc) is 3.17. The fourth-order valence-corrected chi connectivity index (χ4v) is 4.80. The molecule has 30 heavy (non-hydrogen) atoms. The van der Waals surface area contributed by atoms with Crippen LogP contribution in [0.25, 0.3) is 11.0 Å². The topological polar surface area (TPSA) is 59.8 Å². The van der Waals surface area contributed by atoms with Crippen LogP contribution < -0.4 is 5.32 Å². The van der Waals surface area contributed by atoms with E-state index in [2.05, 4.69) is 33.1 Å². The van der Waals surface area contributed by atoms with Crippen LogP contribution in [0.4, 0.5) is 5.95 Å². The predicted molar refractivity (Wildman–Crippen MR) is 116 cm³/mol.